The molecule has 0 spiro atoms. The number of rotatable bonds is 7. The van der Waals surface area contributed by atoms with E-state index in [9.17, 15) is 13.2 Å². The fraction of sp³-hybridized carbons (Fsp3) is 0.600. The summed E-state index contributed by atoms with van der Waals surface area (Å²) in [5.74, 6) is 0. The Morgan fingerprint density at radius 1 is 1.31 bits per heavy atom. The minimum atomic E-state index is -4.31. The first-order valence-corrected chi connectivity index (χ1v) is 11.5. The van der Waals surface area contributed by atoms with Gasteiger partial charge in [-0.1, -0.05) is 31.1 Å². The smallest absolute Gasteiger partial charge is 0.373 e. The predicted molar refractivity (Wildman–Crippen MR) is 102 cm³/mol. The third kappa shape index (κ3) is 5.96. The van der Waals surface area contributed by atoms with E-state index < -0.39 is 20.5 Å². The molecule has 0 amide bonds. The Labute approximate surface area is 156 Å². The highest BCUT2D eigenvalue weighted by Gasteiger charge is 2.33. The number of benzene rings is 1. The topological polar surface area (TPSA) is 12.5 Å². The summed E-state index contributed by atoms with van der Waals surface area (Å²) in [5, 5.41) is 0. The van der Waals surface area contributed by atoms with Gasteiger partial charge in [-0.25, -0.2) is 0 Å². The monoisotopic (exact) mass is 384 g/mol. The van der Waals surface area contributed by atoms with Crippen LogP contribution in [-0.2, 0) is 10.9 Å². The molecule has 1 radical (unpaired) electrons. The third-order valence-electron chi connectivity index (χ3n) is 4.88. The maximum absolute atomic E-state index is 13.2. The highest BCUT2D eigenvalue weighted by atomic mass is 28.3. The van der Waals surface area contributed by atoms with Crippen LogP contribution in [0.2, 0.25) is 12.6 Å². The Hall–Kier alpha value is -1.11. The molecule has 1 aromatic rings. The lowest BCUT2D eigenvalue weighted by atomic mass is 9.97. The SMILES string of the molecule is C=C[Si](C)CCCC(c1cccc(C(F)(F)F)c1)N1CC(C)OC(C)C1. The highest BCUT2D eigenvalue weighted by Crippen LogP contribution is 2.34. The Kier molecular flexibility index (Phi) is 7.49. The zero-order chi connectivity index (χ0) is 19.3. The fourth-order valence-electron chi connectivity index (χ4n) is 3.63. The molecule has 2 rings (SSSR count). The second-order valence-corrected chi connectivity index (χ2v) is 9.89. The fourth-order valence-corrected chi connectivity index (χ4v) is 4.60. The van der Waals surface area contributed by atoms with E-state index in [1.54, 1.807) is 0 Å². The molecule has 3 atom stereocenters. The van der Waals surface area contributed by atoms with Gasteiger partial charge in [-0.3, -0.25) is 4.90 Å². The maximum Gasteiger partial charge on any atom is 0.416 e. The Morgan fingerprint density at radius 3 is 2.54 bits per heavy atom. The standard InChI is InChI=1S/C20H29F3NOSi/c1-5-26(4)11-7-10-19(24-13-15(2)25-16(3)14-24)17-8-6-9-18(12-17)20(21,22)23/h5-6,8-9,12,15-16,19H,1,7,10-11,13-14H2,2-4H3. The van der Waals surface area contributed by atoms with Crippen molar-refractivity contribution in [2.24, 2.45) is 0 Å². The summed E-state index contributed by atoms with van der Waals surface area (Å²) in [6, 6.07) is 6.91. The summed E-state index contributed by atoms with van der Waals surface area (Å²) in [7, 11) is -0.548. The van der Waals surface area contributed by atoms with E-state index in [4.69, 9.17) is 4.74 Å². The zero-order valence-electron chi connectivity index (χ0n) is 15.9. The molecule has 6 heteroatoms. The van der Waals surface area contributed by atoms with Crippen molar-refractivity contribution in [2.75, 3.05) is 13.1 Å². The van der Waals surface area contributed by atoms with Crippen molar-refractivity contribution in [1.29, 1.82) is 0 Å². The van der Waals surface area contributed by atoms with Crippen LogP contribution < -0.4 is 0 Å². The molecule has 1 saturated heterocycles. The summed E-state index contributed by atoms with van der Waals surface area (Å²) in [5.41, 5.74) is 2.22. The van der Waals surface area contributed by atoms with Crippen LogP contribution in [0.4, 0.5) is 13.2 Å². The minimum absolute atomic E-state index is 0.00860. The van der Waals surface area contributed by atoms with Gasteiger partial charge in [0.25, 0.3) is 0 Å². The molecule has 0 bridgehead atoms. The third-order valence-corrected chi connectivity index (χ3v) is 6.72. The lowest BCUT2D eigenvalue weighted by Gasteiger charge is -2.40. The molecule has 1 aliphatic rings. The Balaban J connectivity index is 2.23. The number of hydrogen-bond donors (Lipinski definition) is 0. The van der Waals surface area contributed by atoms with Crippen LogP contribution in [-0.4, -0.2) is 39.0 Å². The van der Waals surface area contributed by atoms with E-state index in [1.807, 2.05) is 25.6 Å². The lowest BCUT2D eigenvalue weighted by molar-refractivity contribution is -0.137. The molecule has 2 nitrogen and oxygen atoms in total. The Morgan fingerprint density at radius 2 is 1.96 bits per heavy atom. The van der Waals surface area contributed by atoms with Crippen molar-refractivity contribution in [1.82, 2.24) is 4.90 Å². The van der Waals surface area contributed by atoms with Gasteiger partial charge in [0.1, 0.15) is 0 Å². The summed E-state index contributed by atoms with van der Waals surface area (Å²) in [6.45, 7) is 11.6. The molecule has 1 aliphatic heterocycles. The van der Waals surface area contributed by atoms with Gasteiger partial charge in [0.05, 0.1) is 26.6 Å². The van der Waals surface area contributed by atoms with Gasteiger partial charge < -0.3 is 4.74 Å². The molecule has 0 saturated carbocycles. The number of hydrogen-bond acceptors (Lipinski definition) is 2. The normalized spacial score (nSPS) is 23.2. The minimum Gasteiger partial charge on any atom is -0.373 e. The number of ether oxygens (including phenoxy) is 1. The van der Waals surface area contributed by atoms with Crippen LogP contribution in [0.15, 0.2) is 36.5 Å². The van der Waals surface area contributed by atoms with Crippen LogP contribution in [0.3, 0.4) is 0 Å². The summed E-state index contributed by atoms with van der Waals surface area (Å²) in [4.78, 5) is 2.30. The van der Waals surface area contributed by atoms with Gasteiger partial charge in [0.2, 0.25) is 0 Å². The zero-order valence-corrected chi connectivity index (χ0v) is 16.9. The van der Waals surface area contributed by atoms with E-state index in [0.717, 1.165) is 43.6 Å². The van der Waals surface area contributed by atoms with E-state index in [0.29, 0.717) is 0 Å². The van der Waals surface area contributed by atoms with Gasteiger partial charge in [-0.15, -0.1) is 12.3 Å². The van der Waals surface area contributed by atoms with E-state index >= 15 is 0 Å². The van der Waals surface area contributed by atoms with Crippen molar-refractivity contribution in [3.63, 3.8) is 0 Å². The molecule has 0 aromatic heterocycles. The molecule has 0 aliphatic carbocycles. The van der Waals surface area contributed by atoms with Crippen LogP contribution in [0.5, 0.6) is 0 Å². The van der Waals surface area contributed by atoms with Gasteiger partial charge >= 0.3 is 6.18 Å². The second-order valence-electron chi connectivity index (χ2n) is 7.29. The predicted octanol–water partition coefficient (Wildman–Crippen LogP) is 5.49. The molecule has 0 N–H and O–H groups in total. The van der Waals surface area contributed by atoms with E-state index in [2.05, 4.69) is 18.0 Å². The second kappa shape index (κ2) is 9.20. The lowest BCUT2D eigenvalue weighted by Crippen LogP contribution is -2.47. The van der Waals surface area contributed by atoms with E-state index in [-0.39, 0.29) is 18.2 Å². The van der Waals surface area contributed by atoms with Crippen molar-refractivity contribution >= 4 is 8.80 Å². The van der Waals surface area contributed by atoms with Crippen molar-refractivity contribution in [2.45, 2.75) is 63.7 Å². The molecule has 1 aromatic carbocycles. The largest absolute Gasteiger partial charge is 0.416 e. The molecule has 26 heavy (non-hydrogen) atoms. The van der Waals surface area contributed by atoms with Crippen LogP contribution >= 0.6 is 0 Å². The van der Waals surface area contributed by atoms with Gasteiger partial charge in [-0.2, -0.15) is 13.2 Å². The van der Waals surface area contributed by atoms with Crippen LogP contribution in [0, 0.1) is 0 Å². The summed E-state index contributed by atoms with van der Waals surface area (Å²) in [6.07, 6.45) is -2.28. The molecular formula is C20H29F3NOSi. The van der Waals surface area contributed by atoms with Crippen molar-refractivity contribution in [3.8, 4) is 0 Å². The number of alkyl halides is 3. The molecular weight excluding hydrogens is 355 g/mol. The number of nitrogens with zero attached hydrogens (tertiary/aromatic N) is 1. The van der Waals surface area contributed by atoms with Gasteiger partial charge in [-0.05, 0) is 38.0 Å². The molecule has 1 heterocycles. The first-order chi connectivity index (χ1) is 12.2. The van der Waals surface area contributed by atoms with Gasteiger partial charge in [0, 0.05) is 19.1 Å². The average Bonchev–Trinajstić information content (AvgIpc) is 2.57. The van der Waals surface area contributed by atoms with Crippen LogP contribution in [0.1, 0.15) is 43.9 Å². The molecule has 145 valence electrons. The quantitative estimate of drug-likeness (QED) is 0.577. The van der Waals surface area contributed by atoms with Crippen molar-refractivity contribution < 1.29 is 17.9 Å². The summed E-state index contributed by atoms with van der Waals surface area (Å²) >= 11 is 0. The average molecular weight is 385 g/mol. The maximum atomic E-state index is 13.2. The number of halogens is 3. The molecule has 3 unspecified atom stereocenters. The highest BCUT2D eigenvalue weighted by molar-refractivity contribution is 6.62. The first kappa shape index (κ1) is 21.2. The molecule has 1 fully saturated rings. The Bertz CT molecular complexity index is 583. The summed E-state index contributed by atoms with van der Waals surface area (Å²) < 4.78 is 45.3. The number of morpholine rings is 1. The first-order valence-electron chi connectivity index (χ1n) is 9.22. The van der Waals surface area contributed by atoms with Crippen molar-refractivity contribution in [3.05, 3.63) is 47.7 Å². The van der Waals surface area contributed by atoms with Gasteiger partial charge in [0.15, 0.2) is 0 Å². The van der Waals surface area contributed by atoms with E-state index in [1.165, 1.54) is 12.1 Å². The van der Waals surface area contributed by atoms with Crippen LogP contribution in [0.25, 0.3) is 0 Å².